The van der Waals surface area contributed by atoms with Crippen LogP contribution >= 0.6 is 11.3 Å². The maximum absolute atomic E-state index is 13.0. The number of hydrogen-bond donors (Lipinski definition) is 1. The number of carboxylic acids is 1. The number of aromatic nitrogens is 2. The van der Waals surface area contributed by atoms with Crippen molar-refractivity contribution in [1.29, 1.82) is 0 Å². The van der Waals surface area contributed by atoms with Crippen LogP contribution in [-0.4, -0.2) is 38.6 Å². The van der Waals surface area contributed by atoms with Crippen LogP contribution in [0.2, 0.25) is 0 Å². The third-order valence-electron chi connectivity index (χ3n) is 5.42. The van der Waals surface area contributed by atoms with Gasteiger partial charge in [-0.25, -0.2) is 0 Å². The first-order chi connectivity index (χ1) is 15.6. The molecule has 4 rings (SSSR count). The molecule has 1 aliphatic rings. The lowest BCUT2D eigenvalue weighted by Gasteiger charge is -2.23. The van der Waals surface area contributed by atoms with Gasteiger partial charge in [-0.3, -0.25) is 9.59 Å². The van der Waals surface area contributed by atoms with Gasteiger partial charge in [-0.1, -0.05) is 53.8 Å². The van der Waals surface area contributed by atoms with Crippen LogP contribution in [0.3, 0.4) is 0 Å². The molecule has 0 spiro atoms. The van der Waals surface area contributed by atoms with Crippen LogP contribution in [0.4, 0.5) is 0 Å². The fraction of sp³-hybridized carbons (Fsp3) is 0.333. The molecule has 32 heavy (non-hydrogen) atoms. The molecule has 0 aliphatic carbocycles. The molecule has 8 heteroatoms. The number of aliphatic carboxylic acids is 1. The van der Waals surface area contributed by atoms with Crippen LogP contribution in [0.5, 0.6) is 5.75 Å². The number of carbonyl (C=O) groups excluding carboxylic acids is 1. The Bertz CT molecular complexity index is 1050. The van der Waals surface area contributed by atoms with Crippen molar-refractivity contribution in [2.45, 2.75) is 44.8 Å². The fourth-order valence-corrected chi connectivity index (χ4v) is 4.75. The molecule has 166 valence electrons. The molecule has 1 fully saturated rings. The fourth-order valence-electron chi connectivity index (χ4n) is 3.76. The Labute approximate surface area is 190 Å². The summed E-state index contributed by atoms with van der Waals surface area (Å²) in [6, 6.07) is 17.6. The lowest BCUT2D eigenvalue weighted by atomic mass is 10.1. The lowest BCUT2D eigenvalue weighted by Crippen LogP contribution is -2.31. The first kappa shape index (κ1) is 22.0. The van der Waals surface area contributed by atoms with Crippen LogP contribution in [-0.2, 0) is 29.0 Å². The van der Waals surface area contributed by atoms with E-state index in [2.05, 4.69) is 10.2 Å². The van der Waals surface area contributed by atoms with Gasteiger partial charge in [0.05, 0.1) is 18.9 Å². The van der Waals surface area contributed by atoms with E-state index in [9.17, 15) is 9.59 Å². The van der Waals surface area contributed by atoms with Gasteiger partial charge in [-0.2, -0.15) is 0 Å². The molecular formula is C24H25N3O4S. The van der Waals surface area contributed by atoms with Crippen molar-refractivity contribution in [2.75, 3.05) is 6.54 Å². The first-order valence-corrected chi connectivity index (χ1v) is 11.5. The van der Waals surface area contributed by atoms with Crippen molar-refractivity contribution in [1.82, 2.24) is 15.1 Å². The third kappa shape index (κ3) is 5.70. The molecule has 1 N–H and O–H groups in total. The van der Waals surface area contributed by atoms with E-state index < -0.39 is 5.97 Å². The van der Waals surface area contributed by atoms with Crippen molar-refractivity contribution in [3.8, 4) is 5.75 Å². The number of rotatable bonds is 9. The molecule has 0 radical (unpaired) electrons. The van der Waals surface area contributed by atoms with Crippen molar-refractivity contribution in [3.05, 3.63) is 75.7 Å². The minimum atomic E-state index is -0.851. The molecule has 2 aromatic carbocycles. The molecule has 1 saturated heterocycles. The molecule has 1 atom stereocenters. The largest absolute Gasteiger partial charge is 0.489 e. The van der Waals surface area contributed by atoms with Crippen molar-refractivity contribution >= 4 is 23.2 Å². The van der Waals surface area contributed by atoms with Gasteiger partial charge >= 0.3 is 5.97 Å². The topological polar surface area (TPSA) is 92.6 Å². The molecule has 1 amide bonds. The zero-order valence-electron chi connectivity index (χ0n) is 17.6. The molecule has 2 heterocycles. The van der Waals surface area contributed by atoms with Crippen molar-refractivity contribution in [2.24, 2.45) is 0 Å². The summed E-state index contributed by atoms with van der Waals surface area (Å²) < 4.78 is 5.82. The highest BCUT2D eigenvalue weighted by Gasteiger charge is 2.32. The number of aryl methyl sites for hydroxylation is 1. The monoisotopic (exact) mass is 451 g/mol. The summed E-state index contributed by atoms with van der Waals surface area (Å²) in [5, 5.41) is 18.7. The second kappa shape index (κ2) is 10.4. The van der Waals surface area contributed by atoms with Crippen molar-refractivity contribution in [3.63, 3.8) is 0 Å². The van der Waals surface area contributed by atoms with Gasteiger partial charge in [0.15, 0.2) is 0 Å². The lowest BCUT2D eigenvalue weighted by molar-refractivity contribution is -0.137. The van der Waals surface area contributed by atoms with Crippen LogP contribution in [0.1, 0.15) is 46.4 Å². The number of carboxylic acid groups (broad SMARTS) is 1. The minimum absolute atomic E-state index is 0.0347. The van der Waals surface area contributed by atoms with E-state index in [0.717, 1.165) is 34.7 Å². The van der Waals surface area contributed by atoms with Gasteiger partial charge in [0.1, 0.15) is 22.4 Å². The molecule has 3 aromatic rings. The number of benzene rings is 2. The van der Waals surface area contributed by atoms with Gasteiger partial charge in [0.2, 0.25) is 5.91 Å². The van der Waals surface area contributed by atoms with Crippen LogP contribution < -0.4 is 4.74 Å². The number of amides is 1. The zero-order chi connectivity index (χ0) is 22.3. The highest BCUT2D eigenvalue weighted by atomic mass is 32.1. The summed E-state index contributed by atoms with van der Waals surface area (Å²) in [7, 11) is 0. The number of likely N-dealkylation sites (tertiary alicyclic amines) is 1. The standard InChI is InChI=1S/C24H25N3O4S/c28-22(15-17-8-10-19(11-9-17)31-16-18-5-2-1-3-6-18)27-14-4-7-20(27)24-26-25-21(32-24)12-13-23(29)30/h1-3,5-6,8-11,20H,4,7,12-16H2,(H,29,30). The minimum Gasteiger partial charge on any atom is -0.489 e. The summed E-state index contributed by atoms with van der Waals surface area (Å²) in [5.41, 5.74) is 2.04. The second-order valence-electron chi connectivity index (χ2n) is 7.77. The van der Waals surface area contributed by atoms with E-state index in [1.54, 1.807) is 0 Å². The Morgan fingerprint density at radius 2 is 1.84 bits per heavy atom. The van der Waals surface area contributed by atoms with Gasteiger partial charge in [-0.15, -0.1) is 10.2 Å². The zero-order valence-corrected chi connectivity index (χ0v) is 18.5. The van der Waals surface area contributed by atoms with Crippen LogP contribution in [0.15, 0.2) is 54.6 Å². The van der Waals surface area contributed by atoms with Gasteiger partial charge in [0.25, 0.3) is 0 Å². The average molecular weight is 452 g/mol. The Kier molecular flexibility index (Phi) is 7.11. The number of hydrogen-bond acceptors (Lipinski definition) is 6. The van der Waals surface area contributed by atoms with E-state index in [4.69, 9.17) is 9.84 Å². The SMILES string of the molecule is O=C(O)CCc1nnc(C2CCCN2C(=O)Cc2ccc(OCc3ccccc3)cc2)s1. The Hall–Kier alpha value is -3.26. The van der Waals surface area contributed by atoms with Gasteiger partial charge < -0.3 is 14.7 Å². The molecule has 0 saturated carbocycles. The molecule has 0 bridgehead atoms. The maximum Gasteiger partial charge on any atom is 0.303 e. The van der Waals surface area contributed by atoms with Crippen LogP contribution in [0.25, 0.3) is 0 Å². The molecule has 1 aliphatic heterocycles. The summed E-state index contributed by atoms with van der Waals surface area (Å²) in [4.78, 5) is 25.6. The summed E-state index contributed by atoms with van der Waals surface area (Å²) >= 11 is 1.41. The molecule has 7 nitrogen and oxygen atoms in total. The number of ether oxygens (including phenoxy) is 1. The predicted octanol–water partition coefficient (Wildman–Crippen LogP) is 4.04. The highest BCUT2D eigenvalue weighted by Crippen LogP contribution is 2.34. The highest BCUT2D eigenvalue weighted by molar-refractivity contribution is 7.11. The molecular weight excluding hydrogens is 426 g/mol. The first-order valence-electron chi connectivity index (χ1n) is 10.7. The summed E-state index contributed by atoms with van der Waals surface area (Å²) in [5.74, 6) is -0.0181. The van der Waals surface area contributed by atoms with E-state index >= 15 is 0 Å². The third-order valence-corrected chi connectivity index (χ3v) is 6.50. The Balaban J connectivity index is 1.33. The second-order valence-corrected chi connectivity index (χ2v) is 8.86. The Morgan fingerprint density at radius 3 is 2.59 bits per heavy atom. The molecule has 1 aromatic heterocycles. The van der Waals surface area contributed by atoms with Gasteiger partial charge in [-0.05, 0) is 36.1 Å². The summed E-state index contributed by atoms with van der Waals surface area (Å²) in [6.45, 7) is 1.21. The predicted molar refractivity (Wildman–Crippen MR) is 120 cm³/mol. The van der Waals surface area contributed by atoms with Crippen molar-refractivity contribution < 1.29 is 19.4 Å². The quantitative estimate of drug-likeness (QED) is 0.528. The van der Waals surface area contributed by atoms with E-state index in [1.807, 2.05) is 59.5 Å². The normalized spacial score (nSPS) is 15.6. The Morgan fingerprint density at radius 1 is 1.06 bits per heavy atom. The number of carbonyl (C=O) groups is 2. The van der Waals surface area contributed by atoms with E-state index in [1.165, 1.54) is 11.3 Å². The molecule has 1 unspecified atom stereocenters. The maximum atomic E-state index is 13.0. The van der Waals surface area contributed by atoms with Crippen LogP contribution in [0, 0.1) is 0 Å². The summed E-state index contributed by atoms with van der Waals surface area (Å²) in [6.07, 6.45) is 2.50. The van der Waals surface area contributed by atoms with Gasteiger partial charge in [0, 0.05) is 13.0 Å². The number of nitrogens with zero attached hydrogens (tertiary/aromatic N) is 3. The van der Waals surface area contributed by atoms with E-state index in [-0.39, 0.29) is 18.4 Å². The smallest absolute Gasteiger partial charge is 0.303 e. The average Bonchev–Trinajstić information content (AvgIpc) is 3.47. The van der Waals surface area contributed by atoms with E-state index in [0.29, 0.717) is 31.0 Å².